The summed E-state index contributed by atoms with van der Waals surface area (Å²) in [4.78, 5) is 30.1. The Morgan fingerprint density at radius 2 is 1.79 bits per heavy atom. The van der Waals surface area contributed by atoms with E-state index in [0.717, 1.165) is 16.7 Å². The first-order valence-electron chi connectivity index (χ1n) is 11.1. The number of hydrogen-bond donors (Lipinski definition) is 2. The fourth-order valence-electron chi connectivity index (χ4n) is 3.86. The Hall–Kier alpha value is -3.15. The molecule has 1 atom stereocenters. The second-order valence-corrected chi connectivity index (χ2v) is 9.54. The molecule has 0 aromatic heterocycles. The van der Waals surface area contributed by atoms with E-state index in [0.29, 0.717) is 40.0 Å². The van der Waals surface area contributed by atoms with Gasteiger partial charge in [-0.3, -0.25) is 14.6 Å². The van der Waals surface area contributed by atoms with Gasteiger partial charge in [0.25, 0.3) is 0 Å². The lowest BCUT2D eigenvalue weighted by Crippen LogP contribution is -2.27. The number of carbonyl (C=O) groups excluding carboxylic acids is 2. The molecule has 3 aromatic rings. The Balaban J connectivity index is 1.71. The zero-order valence-corrected chi connectivity index (χ0v) is 20.5. The summed E-state index contributed by atoms with van der Waals surface area (Å²) in [6, 6.07) is 19.5. The van der Waals surface area contributed by atoms with Crippen LogP contribution in [0.15, 0.2) is 71.7 Å². The van der Waals surface area contributed by atoms with Gasteiger partial charge in [-0.15, -0.1) is 0 Å². The minimum absolute atomic E-state index is 0.0266. The molecule has 2 amide bonds. The maximum atomic E-state index is 13.1. The first-order chi connectivity index (χ1) is 16.3. The molecule has 0 fully saturated rings. The van der Waals surface area contributed by atoms with Gasteiger partial charge in [-0.1, -0.05) is 67.4 Å². The summed E-state index contributed by atoms with van der Waals surface area (Å²) < 4.78 is 0. The van der Waals surface area contributed by atoms with Crippen LogP contribution in [-0.2, 0) is 16.0 Å². The maximum Gasteiger partial charge on any atom is 0.249 e. The number of fused-ring (bicyclic) bond motifs is 1. The maximum absolute atomic E-state index is 13.1. The van der Waals surface area contributed by atoms with Crippen LogP contribution >= 0.6 is 23.2 Å². The van der Waals surface area contributed by atoms with Crippen LogP contribution in [-0.4, -0.2) is 23.6 Å². The molecule has 0 radical (unpaired) electrons. The van der Waals surface area contributed by atoms with Crippen molar-refractivity contribution in [3.8, 4) is 0 Å². The van der Waals surface area contributed by atoms with E-state index in [-0.39, 0.29) is 17.7 Å². The molecular weight excluding hydrogens is 469 g/mol. The predicted octanol–water partition coefficient (Wildman–Crippen LogP) is 6.38. The van der Waals surface area contributed by atoms with Gasteiger partial charge < -0.3 is 10.6 Å². The molecule has 3 aromatic carbocycles. The highest BCUT2D eigenvalue weighted by Crippen LogP contribution is 2.29. The smallest absolute Gasteiger partial charge is 0.249 e. The standard InChI is InChI=1S/C27H25Cl2N3O2/c1-16(2)13-25(33)30-20-10-7-17(8-11-20)26-21-15-19(28)9-12-23(21)32-27(34)24(31-26)14-18-5-3-4-6-22(18)29/h3-12,15-16,24H,13-14H2,1-2H3,(H,30,33)(H,32,34). The molecule has 0 bridgehead atoms. The summed E-state index contributed by atoms with van der Waals surface area (Å²) in [5.74, 6) is 0.0401. The quantitative estimate of drug-likeness (QED) is 0.418. The fourth-order valence-corrected chi connectivity index (χ4v) is 4.24. The minimum Gasteiger partial charge on any atom is -0.326 e. The number of nitrogens with one attached hydrogen (secondary N) is 2. The zero-order valence-electron chi connectivity index (χ0n) is 18.9. The molecule has 0 saturated heterocycles. The normalized spacial score (nSPS) is 15.3. The Morgan fingerprint density at radius 1 is 1.06 bits per heavy atom. The van der Waals surface area contributed by atoms with Crippen LogP contribution in [0.5, 0.6) is 0 Å². The van der Waals surface area contributed by atoms with Gasteiger partial charge in [0, 0.05) is 39.7 Å². The third-order valence-corrected chi connectivity index (χ3v) is 6.09. The van der Waals surface area contributed by atoms with Gasteiger partial charge >= 0.3 is 0 Å². The first kappa shape index (κ1) is 24.0. The van der Waals surface area contributed by atoms with Crippen molar-refractivity contribution in [3.05, 3.63) is 93.5 Å². The summed E-state index contributed by atoms with van der Waals surface area (Å²) in [5, 5.41) is 7.04. The van der Waals surface area contributed by atoms with E-state index in [4.69, 9.17) is 28.2 Å². The molecule has 5 nitrogen and oxygen atoms in total. The predicted molar refractivity (Wildman–Crippen MR) is 139 cm³/mol. The summed E-state index contributed by atoms with van der Waals surface area (Å²) in [6.45, 7) is 4.01. The third kappa shape index (κ3) is 5.66. The summed E-state index contributed by atoms with van der Waals surface area (Å²) in [5.41, 5.74) is 4.39. The largest absolute Gasteiger partial charge is 0.326 e. The number of rotatable bonds is 6. The van der Waals surface area contributed by atoms with E-state index in [1.54, 1.807) is 24.3 Å². The lowest BCUT2D eigenvalue weighted by molar-refractivity contribution is -0.117. The van der Waals surface area contributed by atoms with Crippen molar-refractivity contribution in [1.82, 2.24) is 0 Å². The first-order valence-corrected chi connectivity index (χ1v) is 11.9. The SMILES string of the molecule is CC(C)CC(=O)Nc1ccc(C2=NC(Cc3ccccc3Cl)C(=O)Nc3ccc(Cl)cc32)cc1. The van der Waals surface area contributed by atoms with E-state index in [1.165, 1.54) is 0 Å². The highest BCUT2D eigenvalue weighted by atomic mass is 35.5. The molecule has 1 heterocycles. The number of benzene rings is 3. The van der Waals surface area contributed by atoms with Crippen molar-refractivity contribution < 1.29 is 9.59 Å². The summed E-state index contributed by atoms with van der Waals surface area (Å²) >= 11 is 12.7. The number of anilines is 2. The van der Waals surface area contributed by atoms with Gasteiger partial charge in [0.2, 0.25) is 11.8 Å². The molecule has 2 N–H and O–H groups in total. The van der Waals surface area contributed by atoms with Gasteiger partial charge in [-0.05, 0) is 47.9 Å². The molecule has 1 unspecified atom stereocenters. The number of carbonyl (C=O) groups is 2. The fraction of sp³-hybridized carbons (Fsp3) is 0.222. The van der Waals surface area contributed by atoms with Crippen molar-refractivity contribution in [3.63, 3.8) is 0 Å². The van der Waals surface area contributed by atoms with Crippen molar-refractivity contribution >= 4 is 52.1 Å². The summed E-state index contributed by atoms with van der Waals surface area (Å²) in [7, 11) is 0. The van der Waals surface area contributed by atoms with Gasteiger partial charge in [0.15, 0.2) is 0 Å². The van der Waals surface area contributed by atoms with Crippen LogP contribution in [0.4, 0.5) is 11.4 Å². The highest BCUT2D eigenvalue weighted by Gasteiger charge is 2.27. The molecule has 34 heavy (non-hydrogen) atoms. The Bertz CT molecular complexity index is 1250. The molecule has 174 valence electrons. The van der Waals surface area contributed by atoms with Crippen molar-refractivity contribution in [2.24, 2.45) is 10.9 Å². The van der Waals surface area contributed by atoms with E-state index in [2.05, 4.69) is 10.6 Å². The number of benzodiazepines with no additional fused rings is 1. The monoisotopic (exact) mass is 493 g/mol. The number of aliphatic imine (C=N–C) groups is 1. The van der Waals surface area contributed by atoms with Crippen LogP contribution in [0, 0.1) is 5.92 Å². The molecule has 1 aliphatic heterocycles. The van der Waals surface area contributed by atoms with E-state index < -0.39 is 6.04 Å². The van der Waals surface area contributed by atoms with Gasteiger partial charge in [-0.2, -0.15) is 0 Å². The average Bonchev–Trinajstić information content (AvgIpc) is 2.92. The van der Waals surface area contributed by atoms with Crippen LogP contribution < -0.4 is 10.6 Å². The second-order valence-electron chi connectivity index (χ2n) is 8.69. The van der Waals surface area contributed by atoms with Gasteiger partial charge in [0.05, 0.1) is 11.4 Å². The van der Waals surface area contributed by atoms with Gasteiger partial charge in [-0.25, -0.2) is 0 Å². The van der Waals surface area contributed by atoms with Crippen LogP contribution in [0.25, 0.3) is 0 Å². The van der Waals surface area contributed by atoms with Crippen LogP contribution in [0.2, 0.25) is 10.0 Å². The minimum atomic E-state index is -0.675. The lowest BCUT2D eigenvalue weighted by atomic mass is 10.00. The van der Waals surface area contributed by atoms with E-state index in [1.807, 2.05) is 56.3 Å². The average molecular weight is 494 g/mol. The Morgan fingerprint density at radius 3 is 2.50 bits per heavy atom. The van der Waals surface area contributed by atoms with E-state index >= 15 is 0 Å². The number of hydrogen-bond acceptors (Lipinski definition) is 3. The van der Waals surface area contributed by atoms with Crippen molar-refractivity contribution in [2.45, 2.75) is 32.7 Å². The molecule has 7 heteroatoms. The molecular formula is C27H25Cl2N3O2. The van der Waals surface area contributed by atoms with Crippen LogP contribution in [0.1, 0.15) is 37.0 Å². The Labute approximate surface area is 209 Å². The molecule has 0 spiro atoms. The lowest BCUT2D eigenvalue weighted by Gasteiger charge is -2.13. The Kier molecular flexibility index (Phi) is 7.35. The topological polar surface area (TPSA) is 70.6 Å². The van der Waals surface area contributed by atoms with Crippen molar-refractivity contribution in [1.29, 1.82) is 0 Å². The zero-order chi connectivity index (χ0) is 24.2. The number of amides is 2. The third-order valence-electron chi connectivity index (χ3n) is 5.49. The molecule has 0 aliphatic carbocycles. The number of nitrogens with zero attached hydrogens (tertiary/aromatic N) is 1. The summed E-state index contributed by atoms with van der Waals surface area (Å²) in [6.07, 6.45) is 0.817. The number of halogens is 2. The van der Waals surface area contributed by atoms with E-state index in [9.17, 15) is 9.59 Å². The molecule has 4 rings (SSSR count). The van der Waals surface area contributed by atoms with Crippen molar-refractivity contribution in [2.75, 3.05) is 10.6 Å². The molecule has 0 saturated carbocycles. The molecule has 1 aliphatic rings. The second kappa shape index (κ2) is 10.4. The highest BCUT2D eigenvalue weighted by molar-refractivity contribution is 6.32. The van der Waals surface area contributed by atoms with Gasteiger partial charge in [0.1, 0.15) is 6.04 Å². The van der Waals surface area contributed by atoms with Crippen LogP contribution in [0.3, 0.4) is 0 Å².